The Labute approximate surface area is 169 Å². The molecule has 3 N–H and O–H groups in total. The van der Waals surface area contributed by atoms with Gasteiger partial charge in [-0.05, 0) is 30.3 Å². The number of aromatic hydroxyl groups is 1. The van der Waals surface area contributed by atoms with Crippen LogP contribution in [0.1, 0.15) is 0 Å². The van der Waals surface area contributed by atoms with Gasteiger partial charge in [-0.15, -0.1) is 0 Å². The largest absolute Gasteiger partial charge is 0.506 e. The quantitative estimate of drug-likeness (QED) is 0.406. The van der Waals surface area contributed by atoms with E-state index in [1.54, 1.807) is 31.0 Å². The molecule has 0 saturated carbocycles. The Morgan fingerprint density at radius 2 is 1.83 bits per heavy atom. The molecule has 0 radical (unpaired) electrons. The van der Waals surface area contributed by atoms with Crippen LogP contribution in [0.2, 0.25) is 0 Å². The third-order valence-electron chi connectivity index (χ3n) is 5.06. The Balaban J connectivity index is 1.52. The van der Waals surface area contributed by atoms with Crippen LogP contribution < -0.4 is 0 Å². The fraction of sp³-hybridized carbons (Fsp3) is 0. The maximum atomic E-state index is 9.74. The summed E-state index contributed by atoms with van der Waals surface area (Å²) in [5, 5.41) is 18.3. The first kappa shape index (κ1) is 16.5. The molecule has 0 bridgehead atoms. The first-order valence-electron chi connectivity index (χ1n) is 9.25. The van der Waals surface area contributed by atoms with Gasteiger partial charge in [0.1, 0.15) is 17.0 Å². The summed E-state index contributed by atoms with van der Waals surface area (Å²) in [5.41, 5.74) is 7.33. The van der Waals surface area contributed by atoms with Crippen LogP contribution in [0.3, 0.4) is 0 Å². The predicted octanol–water partition coefficient (Wildman–Crippen LogP) is 4.53. The van der Waals surface area contributed by atoms with Gasteiger partial charge >= 0.3 is 0 Å². The third kappa shape index (κ3) is 2.55. The molecule has 0 spiro atoms. The van der Waals surface area contributed by atoms with E-state index in [0.29, 0.717) is 11.4 Å². The van der Waals surface area contributed by atoms with Gasteiger partial charge in [-0.2, -0.15) is 5.10 Å². The lowest BCUT2D eigenvalue weighted by atomic mass is 10.1. The molecule has 6 heterocycles. The summed E-state index contributed by atoms with van der Waals surface area (Å²) < 4.78 is 5.23. The average molecular weight is 394 g/mol. The molecule has 0 aromatic carbocycles. The lowest BCUT2D eigenvalue weighted by Gasteiger charge is -2.01. The lowest BCUT2D eigenvalue weighted by Crippen LogP contribution is -1.86. The van der Waals surface area contributed by atoms with Crippen LogP contribution in [0.25, 0.3) is 55.7 Å². The normalized spacial score (nSPS) is 11.5. The summed E-state index contributed by atoms with van der Waals surface area (Å²) in [5.74, 6) is 0.0942. The Morgan fingerprint density at radius 3 is 2.70 bits per heavy atom. The fourth-order valence-corrected chi connectivity index (χ4v) is 3.64. The Bertz CT molecular complexity index is 1510. The Hall–Kier alpha value is -4.46. The molecule has 0 aliphatic rings. The van der Waals surface area contributed by atoms with Crippen molar-refractivity contribution in [2.75, 3.05) is 0 Å². The highest BCUT2D eigenvalue weighted by Gasteiger charge is 2.16. The number of aromatic nitrogens is 6. The van der Waals surface area contributed by atoms with Crippen molar-refractivity contribution in [3.8, 4) is 39.5 Å². The minimum atomic E-state index is 0.0942. The predicted molar refractivity (Wildman–Crippen MR) is 112 cm³/mol. The molecule has 0 aliphatic carbocycles. The molecular weight excluding hydrogens is 380 g/mol. The minimum Gasteiger partial charge on any atom is -0.506 e. The maximum absolute atomic E-state index is 9.74. The van der Waals surface area contributed by atoms with Crippen molar-refractivity contribution >= 4 is 21.9 Å². The van der Waals surface area contributed by atoms with Gasteiger partial charge in [-0.1, -0.05) is 0 Å². The summed E-state index contributed by atoms with van der Waals surface area (Å²) in [6.45, 7) is 0. The van der Waals surface area contributed by atoms with Crippen LogP contribution in [0, 0.1) is 0 Å². The van der Waals surface area contributed by atoms with E-state index < -0.39 is 0 Å². The lowest BCUT2D eigenvalue weighted by molar-refractivity contribution is 0.473. The van der Waals surface area contributed by atoms with Gasteiger partial charge < -0.3 is 14.5 Å². The van der Waals surface area contributed by atoms with Gasteiger partial charge in [-0.25, -0.2) is 4.98 Å². The van der Waals surface area contributed by atoms with E-state index in [-0.39, 0.29) is 5.75 Å². The number of hydrogen-bond acceptors (Lipinski definition) is 6. The smallest absolute Gasteiger partial charge is 0.135 e. The summed E-state index contributed by atoms with van der Waals surface area (Å²) in [4.78, 5) is 16.5. The van der Waals surface area contributed by atoms with Crippen LogP contribution in [-0.4, -0.2) is 35.2 Å². The number of H-pyrrole nitrogens is 2. The first-order valence-corrected chi connectivity index (χ1v) is 9.25. The molecule has 8 nitrogen and oxygen atoms in total. The van der Waals surface area contributed by atoms with Crippen LogP contribution >= 0.6 is 0 Å². The standard InChI is InChI=1S/C22H14N6O2/c29-14-5-13(7-23-8-14)17-1-2-18-21(26-17)22(28-27-18)19-6-15-16(12-3-4-30-11-12)9-24-10-20(15)25-19/h1-11,25,29H,(H,27,28). The maximum Gasteiger partial charge on any atom is 0.135 e. The van der Waals surface area contributed by atoms with E-state index in [1.807, 2.05) is 30.5 Å². The molecular formula is C22H14N6O2. The Kier molecular flexibility index (Phi) is 3.45. The van der Waals surface area contributed by atoms with Crippen molar-refractivity contribution in [3.63, 3.8) is 0 Å². The summed E-state index contributed by atoms with van der Waals surface area (Å²) in [7, 11) is 0. The molecule has 6 rings (SSSR count). The van der Waals surface area contributed by atoms with Crippen molar-refractivity contribution in [2.45, 2.75) is 0 Å². The highest BCUT2D eigenvalue weighted by molar-refractivity contribution is 5.99. The van der Waals surface area contributed by atoms with Crippen molar-refractivity contribution in [2.24, 2.45) is 0 Å². The molecule has 6 aromatic heterocycles. The second-order valence-electron chi connectivity index (χ2n) is 6.94. The second-order valence-corrected chi connectivity index (χ2v) is 6.94. The van der Waals surface area contributed by atoms with Gasteiger partial charge in [-0.3, -0.25) is 15.1 Å². The molecule has 0 unspecified atom stereocenters. The van der Waals surface area contributed by atoms with E-state index in [9.17, 15) is 5.11 Å². The molecule has 6 aromatic rings. The third-order valence-corrected chi connectivity index (χ3v) is 5.06. The molecule has 0 atom stereocenters. The van der Waals surface area contributed by atoms with E-state index in [1.165, 1.54) is 6.20 Å². The summed E-state index contributed by atoms with van der Waals surface area (Å²) in [6.07, 6.45) is 10.0. The highest BCUT2D eigenvalue weighted by atomic mass is 16.3. The molecule has 0 fully saturated rings. The van der Waals surface area contributed by atoms with Gasteiger partial charge in [0.15, 0.2) is 0 Å². The average Bonchev–Trinajstić information content (AvgIpc) is 3.51. The van der Waals surface area contributed by atoms with Gasteiger partial charge in [0.05, 0.1) is 47.3 Å². The molecule has 0 amide bonds. The zero-order valence-corrected chi connectivity index (χ0v) is 15.5. The monoisotopic (exact) mass is 394 g/mol. The van der Waals surface area contributed by atoms with Gasteiger partial charge in [0.2, 0.25) is 0 Å². The van der Waals surface area contributed by atoms with Crippen LogP contribution in [0.5, 0.6) is 5.75 Å². The van der Waals surface area contributed by atoms with E-state index in [2.05, 4.69) is 25.1 Å². The number of fused-ring (bicyclic) bond motifs is 2. The SMILES string of the molecule is Oc1cncc(-c2ccc3[nH]nc(-c4cc5c(-c6ccoc6)cncc5[nH]4)c3n2)c1. The summed E-state index contributed by atoms with van der Waals surface area (Å²) in [6, 6.07) is 9.36. The number of rotatable bonds is 3. The number of aromatic amines is 2. The van der Waals surface area contributed by atoms with Gasteiger partial charge in [0, 0.05) is 34.5 Å². The first-order chi connectivity index (χ1) is 14.8. The van der Waals surface area contributed by atoms with Gasteiger partial charge in [0.25, 0.3) is 0 Å². The highest BCUT2D eigenvalue weighted by Crippen LogP contribution is 2.33. The van der Waals surface area contributed by atoms with E-state index >= 15 is 0 Å². The molecule has 0 saturated heterocycles. The molecule has 8 heteroatoms. The zero-order chi connectivity index (χ0) is 20.1. The van der Waals surface area contributed by atoms with E-state index in [0.717, 1.165) is 44.3 Å². The van der Waals surface area contributed by atoms with Crippen LogP contribution in [0.4, 0.5) is 0 Å². The van der Waals surface area contributed by atoms with Crippen LogP contribution in [-0.2, 0) is 0 Å². The van der Waals surface area contributed by atoms with E-state index in [4.69, 9.17) is 9.40 Å². The minimum absolute atomic E-state index is 0.0942. The zero-order valence-electron chi connectivity index (χ0n) is 15.5. The second kappa shape index (κ2) is 6.28. The number of hydrogen-bond donors (Lipinski definition) is 3. The molecule has 0 aliphatic heterocycles. The number of nitrogens with zero attached hydrogens (tertiary/aromatic N) is 4. The summed E-state index contributed by atoms with van der Waals surface area (Å²) >= 11 is 0. The Morgan fingerprint density at radius 1 is 0.900 bits per heavy atom. The van der Waals surface area contributed by atoms with Crippen molar-refractivity contribution < 1.29 is 9.52 Å². The van der Waals surface area contributed by atoms with Crippen molar-refractivity contribution in [1.29, 1.82) is 0 Å². The van der Waals surface area contributed by atoms with Crippen molar-refractivity contribution in [1.82, 2.24) is 30.1 Å². The molecule has 144 valence electrons. The van der Waals surface area contributed by atoms with Crippen molar-refractivity contribution in [3.05, 3.63) is 67.6 Å². The fourth-order valence-electron chi connectivity index (χ4n) is 3.64. The number of nitrogens with one attached hydrogen (secondary N) is 2. The molecule has 30 heavy (non-hydrogen) atoms. The van der Waals surface area contributed by atoms with Crippen LogP contribution in [0.15, 0.2) is 72.1 Å². The number of furan rings is 1. The topological polar surface area (TPSA) is 117 Å². The number of pyridine rings is 3.